The lowest BCUT2D eigenvalue weighted by Gasteiger charge is -2.12. The van der Waals surface area contributed by atoms with Crippen molar-refractivity contribution in [3.63, 3.8) is 0 Å². The SMILES string of the molecule is COc1cccc2c(Nc3ccc(Cl)cc3F)ccnc12. The summed E-state index contributed by atoms with van der Waals surface area (Å²) in [5.41, 5.74) is 1.83. The maximum atomic E-state index is 13.9. The number of hydrogen-bond acceptors (Lipinski definition) is 3. The molecule has 21 heavy (non-hydrogen) atoms. The molecular weight excluding hydrogens is 291 g/mol. The monoisotopic (exact) mass is 302 g/mol. The summed E-state index contributed by atoms with van der Waals surface area (Å²) in [7, 11) is 1.59. The number of fused-ring (bicyclic) bond motifs is 1. The molecule has 0 aliphatic carbocycles. The number of halogens is 2. The molecule has 0 amide bonds. The van der Waals surface area contributed by atoms with Gasteiger partial charge < -0.3 is 10.1 Å². The van der Waals surface area contributed by atoms with Gasteiger partial charge in [-0.1, -0.05) is 23.7 Å². The van der Waals surface area contributed by atoms with Gasteiger partial charge in [-0.2, -0.15) is 0 Å². The van der Waals surface area contributed by atoms with Crippen LogP contribution in [-0.4, -0.2) is 12.1 Å². The number of nitrogens with zero attached hydrogens (tertiary/aromatic N) is 1. The third-order valence-electron chi connectivity index (χ3n) is 3.15. The van der Waals surface area contributed by atoms with Gasteiger partial charge in [-0.15, -0.1) is 0 Å². The first-order valence-corrected chi connectivity index (χ1v) is 6.70. The van der Waals surface area contributed by atoms with E-state index in [1.807, 2.05) is 18.2 Å². The van der Waals surface area contributed by atoms with Crippen molar-refractivity contribution < 1.29 is 9.13 Å². The quantitative estimate of drug-likeness (QED) is 0.756. The van der Waals surface area contributed by atoms with Crippen LogP contribution in [0, 0.1) is 5.82 Å². The van der Waals surface area contributed by atoms with Crippen LogP contribution in [0.3, 0.4) is 0 Å². The fraction of sp³-hybridized carbons (Fsp3) is 0.0625. The molecule has 0 radical (unpaired) electrons. The third-order valence-corrected chi connectivity index (χ3v) is 3.39. The first-order chi connectivity index (χ1) is 10.2. The molecule has 3 aromatic rings. The Kier molecular flexibility index (Phi) is 3.62. The predicted molar refractivity (Wildman–Crippen MR) is 83.0 cm³/mol. The standard InChI is InChI=1S/C16H12ClFN2O/c1-21-15-4-2-3-11-13(7-8-19-16(11)15)20-14-6-5-10(17)9-12(14)18/h2-9H,1H3,(H,19,20). The highest BCUT2D eigenvalue weighted by Crippen LogP contribution is 2.31. The van der Waals surface area contributed by atoms with Crippen molar-refractivity contribution in [2.24, 2.45) is 0 Å². The molecule has 0 unspecified atom stereocenters. The van der Waals surface area contributed by atoms with E-state index in [9.17, 15) is 4.39 Å². The first kappa shape index (κ1) is 13.6. The summed E-state index contributed by atoms with van der Waals surface area (Å²) in [6.45, 7) is 0. The second kappa shape index (κ2) is 5.58. The maximum absolute atomic E-state index is 13.9. The molecule has 5 heteroatoms. The smallest absolute Gasteiger partial charge is 0.148 e. The van der Waals surface area contributed by atoms with Crippen LogP contribution in [0.4, 0.5) is 15.8 Å². The van der Waals surface area contributed by atoms with Gasteiger partial charge in [-0.25, -0.2) is 4.39 Å². The van der Waals surface area contributed by atoms with E-state index >= 15 is 0 Å². The predicted octanol–water partition coefficient (Wildman–Crippen LogP) is 4.78. The molecule has 0 atom stereocenters. The van der Waals surface area contributed by atoms with E-state index in [1.165, 1.54) is 6.07 Å². The molecule has 1 aromatic heterocycles. The minimum atomic E-state index is -0.407. The number of hydrogen-bond donors (Lipinski definition) is 1. The molecule has 0 bridgehead atoms. The van der Waals surface area contributed by atoms with Crippen molar-refractivity contribution >= 4 is 33.9 Å². The molecule has 2 aromatic carbocycles. The molecule has 0 saturated carbocycles. The van der Waals surface area contributed by atoms with Crippen LogP contribution in [0.1, 0.15) is 0 Å². The van der Waals surface area contributed by atoms with E-state index in [0.29, 0.717) is 16.5 Å². The number of pyridine rings is 1. The molecule has 106 valence electrons. The number of ether oxygens (including phenoxy) is 1. The van der Waals surface area contributed by atoms with Crippen LogP contribution in [0.5, 0.6) is 5.75 Å². The fourth-order valence-corrected chi connectivity index (χ4v) is 2.32. The number of nitrogens with one attached hydrogen (secondary N) is 1. The molecule has 1 N–H and O–H groups in total. The zero-order chi connectivity index (χ0) is 14.8. The number of para-hydroxylation sites is 1. The average molecular weight is 303 g/mol. The average Bonchev–Trinajstić information content (AvgIpc) is 2.49. The Bertz CT molecular complexity index is 807. The summed E-state index contributed by atoms with van der Waals surface area (Å²) in [4.78, 5) is 4.31. The van der Waals surface area contributed by atoms with Gasteiger partial charge in [0.1, 0.15) is 17.1 Å². The number of methoxy groups -OCH3 is 1. The Morgan fingerprint density at radius 1 is 1.14 bits per heavy atom. The molecule has 3 nitrogen and oxygen atoms in total. The summed E-state index contributed by atoms with van der Waals surface area (Å²) in [6, 6.07) is 11.9. The van der Waals surface area contributed by atoms with Gasteiger partial charge in [0.25, 0.3) is 0 Å². The topological polar surface area (TPSA) is 34.1 Å². The Morgan fingerprint density at radius 2 is 2.00 bits per heavy atom. The van der Waals surface area contributed by atoms with E-state index in [2.05, 4.69) is 10.3 Å². The normalized spacial score (nSPS) is 10.6. The van der Waals surface area contributed by atoms with Crippen LogP contribution in [0.15, 0.2) is 48.7 Å². The van der Waals surface area contributed by atoms with Gasteiger partial charge >= 0.3 is 0 Å². The zero-order valence-corrected chi connectivity index (χ0v) is 12.0. The van der Waals surface area contributed by atoms with Gasteiger partial charge in [0.05, 0.1) is 12.8 Å². The highest BCUT2D eigenvalue weighted by Gasteiger charge is 2.09. The van der Waals surface area contributed by atoms with E-state index in [0.717, 1.165) is 16.6 Å². The minimum absolute atomic E-state index is 0.356. The molecule has 0 aliphatic rings. The fourth-order valence-electron chi connectivity index (χ4n) is 2.16. The van der Waals surface area contributed by atoms with E-state index in [1.54, 1.807) is 31.5 Å². The van der Waals surface area contributed by atoms with Crippen molar-refractivity contribution in [2.75, 3.05) is 12.4 Å². The van der Waals surface area contributed by atoms with Crippen molar-refractivity contribution in [1.29, 1.82) is 0 Å². The Balaban J connectivity index is 2.08. The summed E-state index contributed by atoms with van der Waals surface area (Å²) in [5, 5.41) is 4.28. The third kappa shape index (κ3) is 2.62. The van der Waals surface area contributed by atoms with Crippen molar-refractivity contribution in [1.82, 2.24) is 4.98 Å². The number of anilines is 2. The largest absolute Gasteiger partial charge is 0.494 e. The van der Waals surface area contributed by atoms with E-state index < -0.39 is 5.82 Å². The van der Waals surface area contributed by atoms with E-state index in [4.69, 9.17) is 16.3 Å². The van der Waals surface area contributed by atoms with Crippen molar-refractivity contribution in [3.05, 3.63) is 59.5 Å². The molecular formula is C16H12ClFN2O. The minimum Gasteiger partial charge on any atom is -0.494 e. The van der Waals surface area contributed by atoms with Crippen LogP contribution in [0.2, 0.25) is 5.02 Å². The van der Waals surface area contributed by atoms with Gasteiger partial charge in [0.2, 0.25) is 0 Å². The Labute approximate surface area is 126 Å². The summed E-state index contributed by atoms with van der Waals surface area (Å²) in [6.07, 6.45) is 1.65. The summed E-state index contributed by atoms with van der Waals surface area (Å²) in [5.74, 6) is 0.267. The first-order valence-electron chi connectivity index (χ1n) is 6.33. The molecule has 0 aliphatic heterocycles. The van der Waals surface area contributed by atoms with Crippen LogP contribution in [0.25, 0.3) is 10.9 Å². The number of rotatable bonds is 3. The van der Waals surface area contributed by atoms with Crippen molar-refractivity contribution in [3.8, 4) is 5.75 Å². The lowest BCUT2D eigenvalue weighted by atomic mass is 10.1. The molecule has 0 fully saturated rings. The van der Waals surface area contributed by atoms with Crippen LogP contribution < -0.4 is 10.1 Å². The molecule has 0 spiro atoms. The Morgan fingerprint density at radius 3 is 2.76 bits per heavy atom. The van der Waals surface area contributed by atoms with Gasteiger partial charge in [-0.3, -0.25) is 4.98 Å². The number of aromatic nitrogens is 1. The highest BCUT2D eigenvalue weighted by atomic mass is 35.5. The van der Waals surface area contributed by atoms with Crippen LogP contribution in [-0.2, 0) is 0 Å². The molecule has 3 rings (SSSR count). The molecule has 0 saturated heterocycles. The van der Waals surface area contributed by atoms with Gasteiger partial charge in [0.15, 0.2) is 0 Å². The van der Waals surface area contributed by atoms with Crippen molar-refractivity contribution in [2.45, 2.75) is 0 Å². The second-order valence-corrected chi connectivity index (χ2v) is 4.90. The summed E-state index contributed by atoms with van der Waals surface area (Å²) >= 11 is 5.76. The summed E-state index contributed by atoms with van der Waals surface area (Å²) < 4.78 is 19.2. The van der Waals surface area contributed by atoms with Gasteiger partial charge in [-0.05, 0) is 30.3 Å². The van der Waals surface area contributed by atoms with Crippen LogP contribution >= 0.6 is 11.6 Å². The van der Waals surface area contributed by atoms with E-state index in [-0.39, 0.29) is 0 Å². The van der Waals surface area contributed by atoms with Gasteiger partial charge in [0, 0.05) is 22.3 Å². The maximum Gasteiger partial charge on any atom is 0.148 e. The highest BCUT2D eigenvalue weighted by molar-refractivity contribution is 6.30. The zero-order valence-electron chi connectivity index (χ0n) is 11.2. The Hall–Kier alpha value is -2.33. The lowest BCUT2D eigenvalue weighted by Crippen LogP contribution is -1.96. The lowest BCUT2D eigenvalue weighted by molar-refractivity contribution is 0.419. The number of benzene rings is 2. The second-order valence-electron chi connectivity index (χ2n) is 4.46. The molecule has 1 heterocycles.